The van der Waals surface area contributed by atoms with Crippen LogP contribution in [0.25, 0.3) is 0 Å². The fourth-order valence-electron chi connectivity index (χ4n) is 3.43. The minimum Gasteiger partial charge on any atom is -0.497 e. The monoisotopic (exact) mass is 477 g/mol. The van der Waals surface area contributed by atoms with Gasteiger partial charge in [-0.1, -0.05) is 35.9 Å². The van der Waals surface area contributed by atoms with Gasteiger partial charge in [0.1, 0.15) is 22.2 Å². The van der Waals surface area contributed by atoms with Gasteiger partial charge in [-0.25, -0.2) is 4.90 Å². The van der Waals surface area contributed by atoms with Crippen molar-refractivity contribution < 1.29 is 23.9 Å². The topological polar surface area (TPSA) is 97.0 Å². The molecule has 0 spiro atoms. The standard InChI is InChI=1S/C25H20ClN3O5/c1-33-18-10-6-9-17(14-18)28-23(30)15-7-5-8-16(13-15)27-22-21(26)24(31)29(25(22)32)19-11-3-4-12-20(19)34-2/h3-14,27H,1-2H3,(H,28,30). The molecule has 0 unspecified atom stereocenters. The van der Waals surface area contributed by atoms with Crippen molar-refractivity contribution in [1.82, 2.24) is 0 Å². The van der Waals surface area contributed by atoms with Gasteiger partial charge in [0.25, 0.3) is 17.7 Å². The highest BCUT2D eigenvalue weighted by Crippen LogP contribution is 2.35. The number of hydrogen-bond acceptors (Lipinski definition) is 6. The van der Waals surface area contributed by atoms with Gasteiger partial charge in [0, 0.05) is 23.0 Å². The molecule has 0 aliphatic carbocycles. The molecule has 1 heterocycles. The number of benzene rings is 3. The highest BCUT2D eigenvalue weighted by atomic mass is 35.5. The lowest BCUT2D eigenvalue weighted by atomic mass is 10.1. The molecule has 2 N–H and O–H groups in total. The van der Waals surface area contributed by atoms with Crippen LogP contribution in [0.15, 0.2) is 83.5 Å². The number of nitrogens with zero attached hydrogens (tertiary/aromatic N) is 1. The van der Waals surface area contributed by atoms with Crippen LogP contribution < -0.4 is 25.0 Å². The van der Waals surface area contributed by atoms with Crippen molar-refractivity contribution in [3.05, 3.63) is 89.1 Å². The van der Waals surface area contributed by atoms with E-state index in [1.54, 1.807) is 79.9 Å². The Balaban J connectivity index is 1.55. The number of ether oxygens (including phenoxy) is 2. The van der Waals surface area contributed by atoms with Gasteiger partial charge in [-0.15, -0.1) is 0 Å². The minimum absolute atomic E-state index is 0.0945. The zero-order chi connectivity index (χ0) is 24.2. The van der Waals surface area contributed by atoms with E-state index in [0.717, 1.165) is 4.90 Å². The summed E-state index contributed by atoms with van der Waals surface area (Å²) in [6.07, 6.45) is 0. The second-order valence-electron chi connectivity index (χ2n) is 7.20. The Labute approximate surface area is 200 Å². The van der Waals surface area contributed by atoms with Crippen molar-refractivity contribution in [3.63, 3.8) is 0 Å². The summed E-state index contributed by atoms with van der Waals surface area (Å²) in [5.74, 6) is -0.706. The molecule has 9 heteroatoms. The summed E-state index contributed by atoms with van der Waals surface area (Å²) in [7, 11) is 2.99. The average molecular weight is 478 g/mol. The van der Waals surface area contributed by atoms with Crippen LogP contribution in [-0.4, -0.2) is 31.9 Å². The first-order chi connectivity index (χ1) is 16.4. The third kappa shape index (κ3) is 4.44. The first-order valence-corrected chi connectivity index (χ1v) is 10.5. The Morgan fingerprint density at radius 2 is 1.59 bits per heavy atom. The van der Waals surface area contributed by atoms with Crippen LogP contribution in [0.3, 0.4) is 0 Å². The molecular weight excluding hydrogens is 458 g/mol. The van der Waals surface area contributed by atoms with Crippen LogP contribution in [0.1, 0.15) is 10.4 Å². The van der Waals surface area contributed by atoms with Crippen molar-refractivity contribution in [2.24, 2.45) is 0 Å². The van der Waals surface area contributed by atoms with Gasteiger partial charge in [-0.3, -0.25) is 14.4 Å². The average Bonchev–Trinajstić information content (AvgIpc) is 3.07. The molecule has 8 nitrogen and oxygen atoms in total. The lowest BCUT2D eigenvalue weighted by Gasteiger charge is -2.18. The molecule has 3 aromatic rings. The van der Waals surface area contributed by atoms with Gasteiger partial charge in [-0.05, 0) is 42.5 Å². The molecule has 1 aliphatic rings. The maximum atomic E-state index is 13.1. The fraction of sp³-hybridized carbons (Fsp3) is 0.0800. The molecule has 0 saturated heterocycles. The van der Waals surface area contributed by atoms with Crippen LogP contribution >= 0.6 is 11.6 Å². The number of rotatable bonds is 7. The first kappa shape index (κ1) is 22.9. The summed E-state index contributed by atoms with van der Waals surface area (Å²) in [5.41, 5.74) is 1.50. The number of nitrogens with one attached hydrogen (secondary N) is 2. The van der Waals surface area contributed by atoms with Crippen LogP contribution in [0, 0.1) is 0 Å². The molecule has 0 atom stereocenters. The van der Waals surface area contributed by atoms with Crippen molar-refractivity contribution in [2.45, 2.75) is 0 Å². The van der Waals surface area contributed by atoms with E-state index in [0.29, 0.717) is 28.4 Å². The largest absolute Gasteiger partial charge is 0.497 e. The van der Waals surface area contributed by atoms with Gasteiger partial charge < -0.3 is 20.1 Å². The number of carbonyl (C=O) groups excluding carboxylic acids is 3. The van der Waals surface area contributed by atoms with E-state index in [1.807, 2.05) is 0 Å². The summed E-state index contributed by atoms with van der Waals surface area (Å²) < 4.78 is 10.4. The Morgan fingerprint density at radius 3 is 2.35 bits per heavy atom. The number of amides is 3. The molecule has 0 radical (unpaired) electrons. The molecule has 0 saturated carbocycles. The summed E-state index contributed by atoms with van der Waals surface area (Å²) in [6, 6.07) is 20.1. The molecule has 0 aromatic heterocycles. The van der Waals surface area contributed by atoms with E-state index in [-0.39, 0.29) is 22.3 Å². The fourth-order valence-corrected chi connectivity index (χ4v) is 3.64. The second-order valence-corrected chi connectivity index (χ2v) is 7.58. The zero-order valence-corrected chi connectivity index (χ0v) is 19.1. The number of methoxy groups -OCH3 is 2. The quantitative estimate of drug-likeness (QED) is 0.490. The Kier molecular flexibility index (Phi) is 6.51. The van der Waals surface area contributed by atoms with Gasteiger partial charge in [-0.2, -0.15) is 0 Å². The number of hydrogen-bond donors (Lipinski definition) is 2. The van der Waals surface area contributed by atoms with E-state index in [4.69, 9.17) is 21.1 Å². The number of halogens is 1. The Morgan fingerprint density at radius 1 is 0.853 bits per heavy atom. The third-order valence-electron chi connectivity index (χ3n) is 5.08. The van der Waals surface area contributed by atoms with Crippen molar-refractivity contribution in [1.29, 1.82) is 0 Å². The second kappa shape index (κ2) is 9.68. The molecule has 3 aromatic carbocycles. The van der Waals surface area contributed by atoms with Gasteiger partial charge in [0.15, 0.2) is 0 Å². The lowest BCUT2D eigenvalue weighted by molar-refractivity contribution is -0.120. The molecule has 172 valence electrons. The molecule has 34 heavy (non-hydrogen) atoms. The van der Waals surface area contributed by atoms with Gasteiger partial charge >= 0.3 is 0 Å². The van der Waals surface area contributed by atoms with E-state index < -0.39 is 11.8 Å². The van der Waals surface area contributed by atoms with Crippen molar-refractivity contribution in [3.8, 4) is 11.5 Å². The lowest BCUT2D eigenvalue weighted by Crippen LogP contribution is -2.32. The molecular formula is C25H20ClN3O5. The first-order valence-electron chi connectivity index (χ1n) is 10.2. The number of para-hydroxylation sites is 2. The van der Waals surface area contributed by atoms with E-state index in [9.17, 15) is 14.4 Å². The summed E-state index contributed by atoms with van der Waals surface area (Å²) in [4.78, 5) is 39.5. The van der Waals surface area contributed by atoms with Crippen LogP contribution in [0.5, 0.6) is 11.5 Å². The molecule has 3 amide bonds. The summed E-state index contributed by atoms with van der Waals surface area (Å²) in [5, 5.41) is 5.41. The summed E-state index contributed by atoms with van der Waals surface area (Å²) in [6.45, 7) is 0. The molecule has 1 aliphatic heterocycles. The molecule has 4 rings (SSSR count). The number of imide groups is 1. The summed E-state index contributed by atoms with van der Waals surface area (Å²) >= 11 is 6.22. The Hall–Kier alpha value is -4.30. The molecule has 0 fully saturated rings. The van der Waals surface area contributed by atoms with Crippen LogP contribution in [0.2, 0.25) is 0 Å². The minimum atomic E-state index is -0.675. The zero-order valence-electron chi connectivity index (χ0n) is 18.3. The van der Waals surface area contributed by atoms with Gasteiger partial charge in [0.2, 0.25) is 0 Å². The SMILES string of the molecule is COc1cccc(NC(=O)c2cccc(NC3=C(Cl)C(=O)N(c4ccccc4OC)C3=O)c2)c1. The normalized spacial score (nSPS) is 13.2. The predicted molar refractivity (Wildman–Crippen MR) is 129 cm³/mol. The van der Waals surface area contributed by atoms with E-state index >= 15 is 0 Å². The Bertz CT molecular complexity index is 1320. The number of carbonyl (C=O) groups is 3. The smallest absolute Gasteiger partial charge is 0.283 e. The predicted octanol–water partition coefficient (Wildman–Crippen LogP) is 4.39. The van der Waals surface area contributed by atoms with Crippen molar-refractivity contribution in [2.75, 3.05) is 29.8 Å². The number of anilines is 3. The van der Waals surface area contributed by atoms with E-state index in [1.165, 1.54) is 7.11 Å². The maximum Gasteiger partial charge on any atom is 0.283 e. The third-order valence-corrected chi connectivity index (χ3v) is 5.43. The van der Waals surface area contributed by atoms with Crippen LogP contribution in [-0.2, 0) is 9.59 Å². The van der Waals surface area contributed by atoms with Gasteiger partial charge in [0.05, 0.1) is 19.9 Å². The van der Waals surface area contributed by atoms with Crippen molar-refractivity contribution >= 4 is 46.4 Å². The molecule has 0 bridgehead atoms. The van der Waals surface area contributed by atoms with Crippen LogP contribution in [0.4, 0.5) is 17.1 Å². The highest BCUT2D eigenvalue weighted by Gasteiger charge is 2.40. The highest BCUT2D eigenvalue weighted by molar-refractivity contribution is 6.53. The van der Waals surface area contributed by atoms with E-state index in [2.05, 4.69) is 10.6 Å². The maximum absolute atomic E-state index is 13.1.